The van der Waals surface area contributed by atoms with E-state index in [-0.39, 0.29) is 18.1 Å². The van der Waals surface area contributed by atoms with Gasteiger partial charge in [0.2, 0.25) is 5.75 Å². The average molecular weight is 222 g/mol. The van der Waals surface area contributed by atoms with Crippen LogP contribution in [0.2, 0.25) is 0 Å². The molecule has 0 spiro atoms. The van der Waals surface area contributed by atoms with E-state index in [1.54, 1.807) is 12.1 Å². The second-order valence-electron chi connectivity index (χ2n) is 3.08. The van der Waals surface area contributed by atoms with Crippen molar-refractivity contribution in [1.29, 1.82) is 0 Å². The van der Waals surface area contributed by atoms with Crippen molar-refractivity contribution in [3.63, 3.8) is 0 Å². The zero-order chi connectivity index (χ0) is 12.0. The highest BCUT2D eigenvalue weighted by Crippen LogP contribution is 2.39. The molecule has 0 bridgehead atoms. The summed E-state index contributed by atoms with van der Waals surface area (Å²) < 4.78 is 10.3. The summed E-state index contributed by atoms with van der Waals surface area (Å²) in [4.78, 5) is 10.3. The van der Waals surface area contributed by atoms with E-state index >= 15 is 0 Å². The molecule has 0 radical (unpaired) electrons. The summed E-state index contributed by atoms with van der Waals surface area (Å²) in [6.07, 6.45) is 2.92. The van der Waals surface area contributed by atoms with Crippen molar-refractivity contribution in [2.45, 2.75) is 6.42 Å². The molecule has 0 fully saturated rings. The van der Waals surface area contributed by atoms with Gasteiger partial charge in [-0.1, -0.05) is 12.1 Å². The molecule has 1 rings (SSSR count). The normalized spacial score (nSPS) is 9.56. The van der Waals surface area contributed by atoms with Crippen LogP contribution in [0.3, 0.4) is 0 Å². The summed E-state index contributed by atoms with van der Waals surface area (Å²) in [6, 6.07) is 3.23. The van der Waals surface area contributed by atoms with E-state index < -0.39 is 0 Å². The quantitative estimate of drug-likeness (QED) is 0.588. The highest BCUT2D eigenvalue weighted by atomic mass is 16.5. The summed E-state index contributed by atoms with van der Waals surface area (Å²) in [7, 11) is 1.43. The van der Waals surface area contributed by atoms with Crippen molar-refractivity contribution >= 4 is 6.29 Å². The lowest BCUT2D eigenvalue weighted by molar-refractivity contribution is -0.109. The van der Waals surface area contributed by atoms with Crippen LogP contribution in [0.1, 0.15) is 5.56 Å². The Kier molecular flexibility index (Phi) is 4.39. The molecule has 1 aromatic carbocycles. The van der Waals surface area contributed by atoms with Crippen LogP contribution in [0, 0.1) is 0 Å². The topological polar surface area (TPSA) is 55.8 Å². The van der Waals surface area contributed by atoms with Crippen LogP contribution >= 0.6 is 0 Å². The van der Waals surface area contributed by atoms with Crippen LogP contribution in [0.4, 0.5) is 0 Å². The summed E-state index contributed by atoms with van der Waals surface area (Å²) in [6.45, 7) is 3.55. The van der Waals surface area contributed by atoms with Crippen LogP contribution in [0.15, 0.2) is 24.8 Å². The minimum absolute atomic E-state index is 0.0174. The first kappa shape index (κ1) is 12.1. The molecule has 0 heterocycles. The number of phenolic OH excluding ortho intramolecular Hbond substituents is 1. The van der Waals surface area contributed by atoms with Gasteiger partial charge in [-0.2, -0.15) is 0 Å². The van der Waals surface area contributed by atoms with Gasteiger partial charge < -0.3 is 14.6 Å². The zero-order valence-corrected chi connectivity index (χ0v) is 9.10. The van der Waals surface area contributed by atoms with Gasteiger partial charge in [-0.3, -0.25) is 4.79 Å². The number of methoxy groups -OCH3 is 1. The number of allylic oxidation sites excluding steroid dienone is 1. The molecule has 16 heavy (non-hydrogen) atoms. The Labute approximate surface area is 94.1 Å². The molecule has 1 aromatic rings. The molecule has 0 aliphatic heterocycles. The minimum Gasteiger partial charge on any atom is -0.504 e. The summed E-state index contributed by atoms with van der Waals surface area (Å²) in [5.41, 5.74) is 0.812. The molecule has 1 N–H and O–H groups in total. The van der Waals surface area contributed by atoms with E-state index in [1.807, 2.05) is 0 Å². The monoisotopic (exact) mass is 222 g/mol. The first-order valence-electron chi connectivity index (χ1n) is 4.80. The van der Waals surface area contributed by atoms with Gasteiger partial charge in [0, 0.05) is 5.56 Å². The van der Waals surface area contributed by atoms with Crippen LogP contribution in [-0.2, 0) is 11.2 Å². The van der Waals surface area contributed by atoms with Gasteiger partial charge in [0.15, 0.2) is 17.8 Å². The largest absolute Gasteiger partial charge is 0.504 e. The number of hydrogen-bond acceptors (Lipinski definition) is 4. The Morgan fingerprint density at radius 2 is 2.19 bits per heavy atom. The van der Waals surface area contributed by atoms with E-state index in [9.17, 15) is 9.90 Å². The average Bonchev–Trinajstić information content (AvgIpc) is 2.29. The number of ether oxygens (including phenoxy) is 2. The third kappa shape index (κ3) is 2.53. The minimum atomic E-state index is -0.0794. The maximum absolute atomic E-state index is 10.3. The van der Waals surface area contributed by atoms with E-state index in [0.29, 0.717) is 18.5 Å². The molecule has 4 heteroatoms. The van der Waals surface area contributed by atoms with Crippen LogP contribution in [0.25, 0.3) is 0 Å². The molecule has 0 saturated carbocycles. The van der Waals surface area contributed by atoms with Gasteiger partial charge >= 0.3 is 0 Å². The third-order valence-corrected chi connectivity index (χ3v) is 2.04. The van der Waals surface area contributed by atoms with Crippen molar-refractivity contribution < 1.29 is 19.4 Å². The molecule has 0 aliphatic carbocycles. The van der Waals surface area contributed by atoms with Crippen LogP contribution in [-0.4, -0.2) is 25.1 Å². The number of benzene rings is 1. The SMILES string of the molecule is C=CCc1ccc(O)c(OC)c1OCC=O. The Balaban J connectivity index is 3.16. The summed E-state index contributed by atoms with van der Waals surface area (Å²) >= 11 is 0. The molecule has 0 unspecified atom stereocenters. The maximum atomic E-state index is 10.3. The molecule has 0 atom stereocenters. The zero-order valence-electron chi connectivity index (χ0n) is 9.10. The lowest BCUT2D eigenvalue weighted by atomic mass is 10.1. The van der Waals surface area contributed by atoms with Crippen LogP contribution < -0.4 is 9.47 Å². The molecule has 4 nitrogen and oxygen atoms in total. The Hall–Kier alpha value is -1.97. The van der Waals surface area contributed by atoms with Crippen LogP contribution in [0.5, 0.6) is 17.2 Å². The third-order valence-electron chi connectivity index (χ3n) is 2.04. The summed E-state index contributed by atoms with van der Waals surface area (Å²) in [5, 5.41) is 9.56. The number of phenols is 1. The standard InChI is InChI=1S/C12H14O4/c1-3-4-9-5-6-10(14)12(15-2)11(9)16-8-7-13/h3,5-7,14H,1,4,8H2,2H3. The first-order valence-corrected chi connectivity index (χ1v) is 4.80. The van der Waals surface area contributed by atoms with Gasteiger partial charge in [0.05, 0.1) is 7.11 Å². The smallest absolute Gasteiger partial charge is 0.203 e. The number of carbonyl (C=O) groups is 1. The molecule has 86 valence electrons. The number of aromatic hydroxyl groups is 1. The predicted molar refractivity (Wildman–Crippen MR) is 60.1 cm³/mol. The molecule has 0 saturated heterocycles. The van der Waals surface area contributed by atoms with Crippen molar-refractivity contribution in [3.8, 4) is 17.2 Å². The van der Waals surface area contributed by atoms with E-state index in [4.69, 9.17) is 9.47 Å². The number of carbonyl (C=O) groups excluding carboxylic acids is 1. The fraction of sp³-hybridized carbons (Fsp3) is 0.250. The van der Waals surface area contributed by atoms with Crippen molar-refractivity contribution in [1.82, 2.24) is 0 Å². The second-order valence-corrected chi connectivity index (χ2v) is 3.08. The molecule has 0 amide bonds. The van der Waals surface area contributed by atoms with E-state index in [0.717, 1.165) is 5.56 Å². The number of rotatable bonds is 6. The van der Waals surface area contributed by atoms with E-state index in [1.165, 1.54) is 13.2 Å². The predicted octanol–water partition coefficient (Wildman–Crippen LogP) is 1.71. The molecule has 0 aliphatic rings. The van der Waals surface area contributed by atoms with Crippen molar-refractivity contribution in [3.05, 3.63) is 30.4 Å². The van der Waals surface area contributed by atoms with E-state index in [2.05, 4.69) is 6.58 Å². The number of aldehydes is 1. The number of hydrogen-bond donors (Lipinski definition) is 1. The first-order chi connectivity index (χ1) is 7.74. The highest BCUT2D eigenvalue weighted by Gasteiger charge is 2.14. The van der Waals surface area contributed by atoms with Crippen molar-refractivity contribution in [2.24, 2.45) is 0 Å². The molecular formula is C12H14O4. The van der Waals surface area contributed by atoms with Gasteiger partial charge in [-0.25, -0.2) is 0 Å². The van der Waals surface area contributed by atoms with Gasteiger partial charge in [-0.05, 0) is 12.5 Å². The summed E-state index contributed by atoms with van der Waals surface area (Å²) in [5.74, 6) is 0.604. The Morgan fingerprint density at radius 1 is 1.44 bits per heavy atom. The second kappa shape index (κ2) is 5.80. The fourth-order valence-electron chi connectivity index (χ4n) is 1.38. The fourth-order valence-corrected chi connectivity index (χ4v) is 1.38. The lowest BCUT2D eigenvalue weighted by Crippen LogP contribution is -2.03. The lowest BCUT2D eigenvalue weighted by Gasteiger charge is -2.13. The molecule has 0 aromatic heterocycles. The van der Waals surface area contributed by atoms with Gasteiger partial charge in [0.1, 0.15) is 6.61 Å². The van der Waals surface area contributed by atoms with Crippen molar-refractivity contribution in [2.75, 3.05) is 13.7 Å². The van der Waals surface area contributed by atoms with Gasteiger partial charge in [-0.15, -0.1) is 6.58 Å². The molecular weight excluding hydrogens is 208 g/mol. The maximum Gasteiger partial charge on any atom is 0.203 e. The van der Waals surface area contributed by atoms with Gasteiger partial charge in [0.25, 0.3) is 0 Å². The highest BCUT2D eigenvalue weighted by molar-refractivity contribution is 5.58. The Morgan fingerprint density at radius 3 is 2.75 bits per heavy atom. The Bertz CT molecular complexity index is 385.